The molecule has 0 radical (unpaired) electrons. The van der Waals surface area contributed by atoms with Gasteiger partial charge in [-0.05, 0) is 35.4 Å². The van der Waals surface area contributed by atoms with E-state index >= 15 is 0 Å². The Hall–Kier alpha value is -2.64. The van der Waals surface area contributed by atoms with Crippen molar-refractivity contribution in [2.75, 3.05) is 50.4 Å². The number of rotatable bonds is 5. The van der Waals surface area contributed by atoms with Gasteiger partial charge in [-0.3, -0.25) is 10.00 Å². The van der Waals surface area contributed by atoms with E-state index in [0.29, 0.717) is 5.82 Å². The highest BCUT2D eigenvalue weighted by Crippen LogP contribution is 2.27. The first-order chi connectivity index (χ1) is 12.3. The fraction of sp³-hybridized carbons (Fsp3) is 0.333. The summed E-state index contributed by atoms with van der Waals surface area (Å²) < 4.78 is 5.37. The molecule has 1 fully saturated rings. The van der Waals surface area contributed by atoms with Gasteiger partial charge in [0.25, 0.3) is 0 Å². The second-order valence-corrected chi connectivity index (χ2v) is 6.18. The van der Waals surface area contributed by atoms with E-state index in [1.54, 1.807) is 0 Å². The molecule has 4 rings (SSSR count). The van der Waals surface area contributed by atoms with Crippen molar-refractivity contribution in [3.63, 3.8) is 0 Å². The minimum Gasteiger partial charge on any atom is -0.382 e. The van der Waals surface area contributed by atoms with Gasteiger partial charge in [0.1, 0.15) is 5.82 Å². The molecule has 3 aromatic rings. The number of H-pyrrole nitrogens is 1. The molecule has 0 atom stereocenters. The Morgan fingerprint density at radius 2 is 2.00 bits per heavy atom. The number of ether oxygens (including phenoxy) is 1. The molecule has 0 saturated carbocycles. The number of fused-ring (bicyclic) bond motifs is 1. The first-order valence-electron chi connectivity index (χ1n) is 8.53. The van der Waals surface area contributed by atoms with Gasteiger partial charge >= 0.3 is 0 Å². The Bertz CT molecular complexity index is 856. The molecule has 0 unspecified atom stereocenters. The van der Waals surface area contributed by atoms with E-state index in [0.717, 1.165) is 67.2 Å². The van der Waals surface area contributed by atoms with Crippen LogP contribution in [-0.4, -0.2) is 59.5 Å². The fourth-order valence-corrected chi connectivity index (χ4v) is 3.09. The first kappa shape index (κ1) is 15.9. The van der Waals surface area contributed by atoms with E-state index in [1.165, 1.54) is 0 Å². The van der Waals surface area contributed by atoms with Crippen LogP contribution < -0.4 is 11.1 Å². The van der Waals surface area contributed by atoms with E-state index < -0.39 is 0 Å². The van der Waals surface area contributed by atoms with Gasteiger partial charge in [-0.2, -0.15) is 5.10 Å². The lowest BCUT2D eigenvalue weighted by molar-refractivity contribution is 0.0398. The number of aromatic nitrogens is 3. The molecule has 0 spiro atoms. The largest absolute Gasteiger partial charge is 0.382 e. The van der Waals surface area contributed by atoms with Gasteiger partial charge in [-0.15, -0.1) is 0 Å². The van der Waals surface area contributed by atoms with Crippen LogP contribution in [0.2, 0.25) is 0 Å². The summed E-state index contributed by atoms with van der Waals surface area (Å²) in [6.45, 7) is 5.51. The number of aromatic amines is 1. The third-order valence-electron chi connectivity index (χ3n) is 4.52. The van der Waals surface area contributed by atoms with Crippen LogP contribution in [0, 0.1) is 0 Å². The van der Waals surface area contributed by atoms with Crippen LogP contribution in [0.3, 0.4) is 0 Å². The van der Waals surface area contributed by atoms with Crippen LogP contribution >= 0.6 is 0 Å². The van der Waals surface area contributed by atoms with Gasteiger partial charge in [-0.1, -0.05) is 6.07 Å². The number of pyridine rings is 1. The molecule has 25 heavy (non-hydrogen) atoms. The van der Waals surface area contributed by atoms with Gasteiger partial charge in [0.15, 0.2) is 5.82 Å². The average Bonchev–Trinajstić information content (AvgIpc) is 3.03. The maximum absolute atomic E-state index is 5.91. The highest BCUT2D eigenvalue weighted by Gasteiger charge is 2.10. The molecule has 1 aliphatic heterocycles. The fourth-order valence-electron chi connectivity index (χ4n) is 3.09. The number of nitrogens with zero attached hydrogens (tertiary/aromatic N) is 3. The topological polar surface area (TPSA) is 92.1 Å². The Labute approximate surface area is 146 Å². The molecule has 0 aliphatic carbocycles. The van der Waals surface area contributed by atoms with Crippen molar-refractivity contribution in [3.8, 4) is 11.1 Å². The molecule has 7 heteroatoms. The third kappa shape index (κ3) is 3.57. The predicted molar refractivity (Wildman–Crippen MR) is 99.5 cm³/mol. The predicted octanol–water partition coefficient (Wildman–Crippen LogP) is 1.95. The van der Waals surface area contributed by atoms with Crippen molar-refractivity contribution < 1.29 is 4.74 Å². The van der Waals surface area contributed by atoms with Gasteiger partial charge in [0.2, 0.25) is 0 Å². The molecule has 7 nitrogen and oxygen atoms in total. The van der Waals surface area contributed by atoms with Crippen molar-refractivity contribution in [2.45, 2.75) is 0 Å². The van der Waals surface area contributed by atoms with E-state index in [4.69, 9.17) is 10.5 Å². The summed E-state index contributed by atoms with van der Waals surface area (Å²) in [7, 11) is 0. The molecule has 1 aromatic carbocycles. The molecular formula is C18H22N6O. The molecule has 130 valence electrons. The monoisotopic (exact) mass is 338 g/mol. The highest BCUT2D eigenvalue weighted by atomic mass is 16.5. The van der Waals surface area contributed by atoms with Crippen LogP contribution in [0.4, 0.5) is 11.6 Å². The SMILES string of the molecule is Nc1n[nH]c2ccc(-c3ccnc(NCCN4CCOCC4)c3)cc12. The van der Waals surface area contributed by atoms with Crippen molar-refractivity contribution in [3.05, 3.63) is 36.5 Å². The smallest absolute Gasteiger partial charge is 0.153 e. The number of anilines is 2. The second-order valence-electron chi connectivity index (χ2n) is 6.18. The number of hydrogen-bond acceptors (Lipinski definition) is 6. The number of nitrogens with two attached hydrogens (primary N) is 1. The van der Waals surface area contributed by atoms with Gasteiger partial charge in [-0.25, -0.2) is 4.98 Å². The lowest BCUT2D eigenvalue weighted by Crippen LogP contribution is -2.39. The Morgan fingerprint density at radius 1 is 1.16 bits per heavy atom. The van der Waals surface area contributed by atoms with Crippen LogP contribution in [-0.2, 0) is 4.74 Å². The van der Waals surface area contributed by atoms with Crippen molar-refractivity contribution >= 4 is 22.5 Å². The minimum atomic E-state index is 0.523. The summed E-state index contributed by atoms with van der Waals surface area (Å²) in [5.74, 6) is 1.40. The van der Waals surface area contributed by atoms with Crippen molar-refractivity contribution in [1.82, 2.24) is 20.1 Å². The van der Waals surface area contributed by atoms with E-state index in [1.807, 2.05) is 18.3 Å². The van der Waals surface area contributed by atoms with E-state index in [-0.39, 0.29) is 0 Å². The lowest BCUT2D eigenvalue weighted by atomic mass is 10.0. The third-order valence-corrected chi connectivity index (χ3v) is 4.52. The quantitative estimate of drug-likeness (QED) is 0.658. The number of morpholine rings is 1. The summed E-state index contributed by atoms with van der Waals surface area (Å²) in [4.78, 5) is 6.82. The molecule has 2 aromatic heterocycles. The summed E-state index contributed by atoms with van der Waals surface area (Å²) in [5, 5.41) is 11.3. The van der Waals surface area contributed by atoms with Crippen molar-refractivity contribution in [1.29, 1.82) is 0 Å². The molecule has 0 amide bonds. The zero-order chi connectivity index (χ0) is 17.1. The summed E-state index contributed by atoms with van der Waals surface area (Å²) in [5.41, 5.74) is 9.05. The van der Waals surface area contributed by atoms with Crippen molar-refractivity contribution in [2.24, 2.45) is 0 Å². The standard InChI is InChI=1S/C18H22N6O/c19-18-15-11-13(1-2-16(15)22-23-18)14-3-4-20-17(12-14)21-5-6-24-7-9-25-10-8-24/h1-4,11-12H,5-10H2,(H,20,21)(H3,19,22,23). The normalized spacial score (nSPS) is 15.5. The Morgan fingerprint density at radius 3 is 2.88 bits per heavy atom. The first-order valence-corrected chi connectivity index (χ1v) is 8.53. The molecule has 4 N–H and O–H groups in total. The van der Waals surface area contributed by atoms with E-state index in [9.17, 15) is 0 Å². The molecular weight excluding hydrogens is 316 g/mol. The maximum atomic E-state index is 5.91. The maximum Gasteiger partial charge on any atom is 0.153 e. The Balaban J connectivity index is 1.45. The van der Waals surface area contributed by atoms with Crippen LogP contribution in [0.1, 0.15) is 0 Å². The van der Waals surface area contributed by atoms with Crippen LogP contribution in [0.15, 0.2) is 36.5 Å². The second kappa shape index (κ2) is 7.08. The molecule has 1 saturated heterocycles. The summed E-state index contributed by atoms with van der Waals surface area (Å²) >= 11 is 0. The summed E-state index contributed by atoms with van der Waals surface area (Å²) in [6, 6.07) is 10.2. The van der Waals surface area contributed by atoms with E-state index in [2.05, 4.69) is 43.6 Å². The molecule has 1 aliphatic rings. The molecule has 3 heterocycles. The van der Waals surface area contributed by atoms with Gasteiger partial charge in [0.05, 0.1) is 18.7 Å². The zero-order valence-corrected chi connectivity index (χ0v) is 14.0. The molecule has 0 bridgehead atoms. The van der Waals surface area contributed by atoms with Gasteiger partial charge < -0.3 is 15.8 Å². The Kier molecular flexibility index (Phi) is 4.49. The number of benzene rings is 1. The average molecular weight is 338 g/mol. The highest BCUT2D eigenvalue weighted by molar-refractivity contribution is 5.92. The number of hydrogen-bond donors (Lipinski definition) is 3. The van der Waals surface area contributed by atoms with Crippen LogP contribution in [0.25, 0.3) is 22.0 Å². The summed E-state index contributed by atoms with van der Waals surface area (Å²) in [6.07, 6.45) is 1.83. The van der Waals surface area contributed by atoms with Gasteiger partial charge in [0, 0.05) is 37.8 Å². The van der Waals surface area contributed by atoms with Crippen LogP contribution in [0.5, 0.6) is 0 Å². The lowest BCUT2D eigenvalue weighted by Gasteiger charge is -2.26. The minimum absolute atomic E-state index is 0.523. The number of nitrogens with one attached hydrogen (secondary N) is 2. The zero-order valence-electron chi connectivity index (χ0n) is 14.0. The number of nitrogen functional groups attached to an aromatic ring is 1.